The van der Waals surface area contributed by atoms with E-state index in [9.17, 15) is 44.4 Å². The highest BCUT2D eigenvalue weighted by Gasteiger charge is 2.86. The molecule has 0 spiro atoms. The number of hydrogen-bond donors (Lipinski definition) is 4. The minimum atomic E-state index is -3.91. The monoisotopic (exact) mass is 483 g/mol. The van der Waals surface area contributed by atoms with E-state index in [4.69, 9.17) is 15.6 Å². The van der Waals surface area contributed by atoms with E-state index in [1.807, 2.05) is 0 Å². The lowest BCUT2D eigenvalue weighted by Gasteiger charge is -2.60. The summed E-state index contributed by atoms with van der Waals surface area (Å²) in [6, 6.07) is 7.33. The van der Waals surface area contributed by atoms with E-state index in [-0.39, 0.29) is 5.75 Å². The zero-order valence-electron chi connectivity index (χ0n) is 19.8. The molecule has 0 aromatic heterocycles. The van der Waals surface area contributed by atoms with Gasteiger partial charge in [0.05, 0.1) is 7.98 Å². The van der Waals surface area contributed by atoms with Crippen molar-refractivity contribution in [2.45, 2.75) is 56.4 Å². The van der Waals surface area contributed by atoms with E-state index in [1.54, 1.807) is 6.07 Å². The molecule has 1 fully saturated rings. The summed E-state index contributed by atoms with van der Waals surface area (Å²) in [5.41, 5.74) is -11.2. The maximum atomic E-state index is 13.1. The van der Waals surface area contributed by atoms with Gasteiger partial charge in [-0.15, -0.1) is 0 Å². The van der Waals surface area contributed by atoms with E-state index in [1.165, 1.54) is 24.3 Å². The van der Waals surface area contributed by atoms with Crippen LogP contribution >= 0.6 is 0 Å². The molecule has 12 nitrogen and oxygen atoms in total. The lowest BCUT2D eigenvalue weighted by molar-refractivity contribution is -0.391. The Kier molecular flexibility index (Phi) is 7.01. The van der Waals surface area contributed by atoms with Gasteiger partial charge in [-0.3, -0.25) is 19.2 Å². The van der Waals surface area contributed by atoms with Crippen molar-refractivity contribution < 1.29 is 60.0 Å². The first kappa shape index (κ1) is 25.6. The predicted molar refractivity (Wildman–Crippen MR) is 110 cm³/mol. The Morgan fingerprint density at radius 2 is 1.50 bits per heavy atom. The molecule has 2 unspecified atom stereocenters. The van der Waals surface area contributed by atoms with Crippen LogP contribution < -0.4 is 4.74 Å². The van der Waals surface area contributed by atoms with Crippen molar-refractivity contribution in [3.63, 3.8) is 0 Å². The van der Waals surface area contributed by atoms with E-state index < -0.39 is 71.0 Å². The van der Waals surface area contributed by atoms with Gasteiger partial charge in [-0.05, 0) is 32.9 Å². The highest BCUT2D eigenvalue weighted by molar-refractivity contribution is 6.10. The highest BCUT2D eigenvalue weighted by Crippen LogP contribution is 2.52. The average Bonchev–Trinajstić information content (AvgIpc) is 2.78. The van der Waals surface area contributed by atoms with Gasteiger partial charge in [0.25, 0.3) is 5.79 Å². The Balaban J connectivity index is 2.85. The SMILES string of the molecule is [2H]C(Oc1ccccc1)C(=O)O[C@@]1(C(C)=O)[C@@](O)(C(C)=O)[C@@H](CO)OC(O)(C(C)=O)[C@@]1(O)C(C)=O. The molecule has 0 bridgehead atoms. The Bertz CT molecular complexity index is 1040. The fourth-order valence-corrected chi connectivity index (χ4v) is 4.12. The minimum Gasteiger partial charge on any atom is -0.482 e. The third-order valence-electron chi connectivity index (χ3n) is 5.79. The predicted octanol–water partition coefficient (Wildman–Crippen LogP) is -1.75. The second kappa shape index (κ2) is 9.31. The number of aliphatic hydroxyl groups is 4. The molecule has 1 aliphatic rings. The van der Waals surface area contributed by atoms with Crippen LogP contribution in [0.4, 0.5) is 0 Å². The van der Waals surface area contributed by atoms with E-state index in [2.05, 4.69) is 0 Å². The lowest BCUT2D eigenvalue weighted by Crippen LogP contribution is -2.91. The quantitative estimate of drug-likeness (QED) is 0.290. The summed E-state index contributed by atoms with van der Waals surface area (Å²) < 4.78 is 23.1. The van der Waals surface area contributed by atoms with Gasteiger partial charge in [-0.25, -0.2) is 4.79 Å². The van der Waals surface area contributed by atoms with Gasteiger partial charge in [0.15, 0.2) is 29.7 Å². The summed E-state index contributed by atoms with van der Waals surface area (Å²) >= 11 is 0. The molecule has 1 saturated heterocycles. The molecule has 186 valence electrons. The molecule has 0 aliphatic carbocycles. The summed E-state index contributed by atoms with van der Waals surface area (Å²) in [6.45, 7) is -1.19. The third-order valence-corrected chi connectivity index (χ3v) is 5.79. The van der Waals surface area contributed by atoms with Crippen LogP contribution in [0.1, 0.15) is 29.1 Å². The number of aliphatic hydroxyl groups excluding tert-OH is 1. The number of hydrogen-bond acceptors (Lipinski definition) is 12. The second-order valence-electron chi connectivity index (χ2n) is 7.79. The van der Waals surface area contributed by atoms with Gasteiger partial charge in [-0.2, -0.15) is 0 Å². The Morgan fingerprint density at radius 3 is 1.91 bits per heavy atom. The fourth-order valence-electron chi connectivity index (χ4n) is 4.12. The van der Waals surface area contributed by atoms with Gasteiger partial charge in [-0.1, -0.05) is 18.2 Å². The van der Waals surface area contributed by atoms with Gasteiger partial charge in [0, 0.05) is 6.92 Å². The molecular formula is C22H26O12. The number of carbonyl (C=O) groups is 5. The normalized spacial score (nSPS) is 34.4. The Hall–Kier alpha value is -3.03. The van der Waals surface area contributed by atoms with Crippen LogP contribution in [0.3, 0.4) is 0 Å². The molecule has 0 saturated carbocycles. The molecule has 0 amide bonds. The van der Waals surface area contributed by atoms with Crippen LogP contribution in [-0.2, 0) is 33.4 Å². The summed E-state index contributed by atoms with van der Waals surface area (Å²) in [5, 5.41) is 43.8. The first-order chi connectivity index (χ1) is 16.1. The molecule has 1 aromatic carbocycles. The molecule has 1 aliphatic heterocycles. The first-order valence-corrected chi connectivity index (χ1v) is 9.94. The molecule has 2 rings (SSSR count). The summed E-state index contributed by atoms with van der Waals surface area (Å²) in [6.07, 6.45) is -2.36. The number of Topliss-reactive ketones (excluding diaryl/α,β-unsaturated/α-hetero) is 4. The smallest absolute Gasteiger partial charge is 0.345 e. The van der Waals surface area contributed by atoms with Crippen molar-refractivity contribution in [2.75, 3.05) is 13.2 Å². The lowest BCUT2D eigenvalue weighted by atomic mass is 9.57. The van der Waals surface area contributed by atoms with Gasteiger partial charge < -0.3 is 34.6 Å². The number of ketones is 4. The molecule has 12 heteroatoms. The molecule has 0 radical (unpaired) electrons. The van der Waals surface area contributed by atoms with Crippen molar-refractivity contribution in [1.29, 1.82) is 0 Å². The molecule has 4 N–H and O–H groups in total. The van der Waals surface area contributed by atoms with Crippen LogP contribution in [0.15, 0.2) is 30.3 Å². The first-order valence-electron chi connectivity index (χ1n) is 10.5. The number of ether oxygens (including phenoxy) is 3. The number of para-hydroxylation sites is 1. The van der Waals surface area contributed by atoms with E-state index in [0.717, 1.165) is 0 Å². The van der Waals surface area contributed by atoms with Crippen LogP contribution in [0.5, 0.6) is 5.75 Å². The number of benzene rings is 1. The highest BCUT2D eigenvalue weighted by atomic mass is 16.7. The number of carbonyl (C=O) groups excluding carboxylic acids is 5. The van der Waals surface area contributed by atoms with Crippen molar-refractivity contribution in [1.82, 2.24) is 0 Å². The number of rotatable bonds is 9. The van der Waals surface area contributed by atoms with Crippen molar-refractivity contribution in [3.8, 4) is 5.75 Å². The van der Waals surface area contributed by atoms with Gasteiger partial charge in [0.1, 0.15) is 11.9 Å². The summed E-state index contributed by atoms with van der Waals surface area (Å²) in [5.74, 6) is -11.6. The fraction of sp³-hybridized carbons (Fsp3) is 0.500. The topological polar surface area (TPSA) is 194 Å². The van der Waals surface area contributed by atoms with Crippen molar-refractivity contribution in [2.24, 2.45) is 0 Å². The Morgan fingerprint density at radius 1 is 0.941 bits per heavy atom. The minimum absolute atomic E-state index is 0.00885. The van der Waals surface area contributed by atoms with Gasteiger partial charge in [0.2, 0.25) is 16.8 Å². The van der Waals surface area contributed by atoms with Crippen LogP contribution in [0, 0.1) is 0 Å². The molecule has 34 heavy (non-hydrogen) atoms. The zero-order valence-corrected chi connectivity index (χ0v) is 18.8. The largest absolute Gasteiger partial charge is 0.482 e. The van der Waals surface area contributed by atoms with Crippen LogP contribution in [0.2, 0.25) is 0 Å². The summed E-state index contributed by atoms with van der Waals surface area (Å²) in [7, 11) is 0. The molecule has 1 heterocycles. The van der Waals surface area contributed by atoms with Crippen LogP contribution in [-0.4, -0.2) is 91.4 Å². The maximum Gasteiger partial charge on any atom is 0.345 e. The molecule has 6 atom stereocenters. The number of esters is 1. The van der Waals surface area contributed by atoms with Crippen molar-refractivity contribution in [3.05, 3.63) is 30.3 Å². The van der Waals surface area contributed by atoms with E-state index >= 15 is 0 Å². The zero-order chi connectivity index (χ0) is 27.0. The molecular weight excluding hydrogens is 456 g/mol. The third kappa shape index (κ3) is 3.63. The second-order valence-corrected chi connectivity index (χ2v) is 7.79. The van der Waals surface area contributed by atoms with Crippen LogP contribution in [0.25, 0.3) is 0 Å². The maximum absolute atomic E-state index is 13.1. The Labute approximate surface area is 195 Å². The standard InChI is InChI=1S/C22H26O12/c1-12(24)19(29)17(10-23)33-22(31,15(4)27)20(30,13(2)25)21(19,14(3)26)34-18(28)11-32-16-8-6-5-7-9-16/h5-9,17,23,29-31H,10-11H2,1-4H3/t17-,19-,20-,21+,22?/m1/s1/i11D/t11?,17-,19-,20-,21+,22?. The molecule has 1 aromatic rings. The van der Waals surface area contributed by atoms with Crippen molar-refractivity contribution >= 4 is 29.1 Å². The summed E-state index contributed by atoms with van der Waals surface area (Å²) in [4.78, 5) is 63.9. The average molecular weight is 483 g/mol. The van der Waals surface area contributed by atoms with Gasteiger partial charge >= 0.3 is 5.97 Å². The van der Waals surface area contributed by atoms with E-state index in [0.29, 0.717) is 27.7 Å².